The molecule has 1 N–H and O–H groups in total. The zero-order valence-corrected chi connectivity index (χ0v) is 12.2. The van der Waals surface area contributed by atoms with Gasteiger partial charge >= 0.3 is 0 Å². The number of carbonyl (C=O) groups excluding carboxylic acids is 1. The molecule has 1 heterocycles. The van der Waals surface area contributed by atoms with Gasteiger partial charge < -0.3 is 15.0 Å². The fourth-order valence-electron chi connectivity index (χ4n) is 2.16. The van der Waals surface area contributed by atoms with Gasteiger partial charge in [0.15, 0.2) is 0 Å². The summed E-state index contributed by atoms with van der Waals surface area (Å²) in [6, 6.07) is 5.84. The van der Waals surface area contributed by atoms with E-state index in [0.29, 0.717) is 11.6 Å². The number of hydrogen-bond donors (Lipinski definition) is 1. The number of nitrogens with one attached hydrogen (secondary N) is 1. The van der Waals surface area contributed by atoms with Crippen molar-refractivity contribution in [1.82, 2.24) is 10.2 Å². The molecule has 1 aliphatic rings. The van der Waals surface area contributed by atoms with Gasteiger partial charge in [-0.2, -0.15) is 0 Å². The molecule has 18 heavy (non-hydrogen) atoms. The van der Waals surface area contributed by atoms with Crippen LogP contribution in [0.2, 0.25) is 0 Å². The Kier molecular flexibility index (Phi) is 4.24. The number of benzene rings is 1. The molecule has 1 aromatic rings. The molecule has 1 aromatic carbocycles. The summed E-state index contributed by atoms with van der Waals surface area (Å²) in [6.07, 6.45) is 1.01. The summed E-state index contributed by atoms with van der Waals surface area (Å²) in [5.74, 6) is 0.817. The molecule has 1 fully saturated rings. The van der Waals surface area contributed by atoms with E-state index in [-0.39, 0.29) is 5.91 Å². The first-order valence-electron chi connectivity index (χ1n) is 5.95. The highest BCUT2D eigenvalue weighted by Gasteiger charge is 2.26. The lowest BCUT2D eigenvalue weighted by molar-refractivity contribution is 0.0789. The van der Waals surface area contributed by atoms with Crippen molar-refractivity contribution in [1.29, 1.82) is 0 Å². The van der Waals surface area contributed by atoms with Gasteiger partial charge in [0.05, 0.1) is 11.6 Å². The van der Waals surface area contributed by atoms with Crippen LogP contribution >= 0.6 is 15.9 Å². The van der Waals surface area contributed by atoms with Crippen molar-refractivity contribution in [2.75, 3.05) is 27.2 Å². The van der Waals surface area contributed by atoms with Gasteiger partial charge in [0.2, 0.25) is 0 Å². The predicted molar refractivity (Wildman–Crippen MR) is 74.1 cm³/mol. The minimum atomic E-state index is 0.0797. The number of ether oxygens (including phenoxy) is 1. The van der Waals surface area contributed by atoms with Crippen LogP contribution in [0.5, 0.6) is 5.75 Å². The van der Waals surface area contributed by atoms with Crippen LogP contribution in [0.4, 0.5) is 0 Å². The van der Waals surface area contributed by atoms with Crippen molar-refractivity contribution in [3.63, 3.8) is 0 Å². The Morgan fingerprint density at radius 3 is 2.89 bits per heavy atom. The third kappa shape index (κ3) is 2.67. The number of nitrogens with zero attached hydrogens (tertiary/aromatic N) is 1. The Labute approximate surface area is 115 Å². The lowest BCUT2D eigenvalue weighted by Gasteiger charge is -2.17. The Balaban J connectivity index is 2.12. The van der Waals surface area contributed by atoms with E-state index >= 15 is 0 Å². The minimum Gasteiger partial charge on any atom is -0.496 e. The number of amides is 1. The van der Waals surface area contributed by atoms with Crippen LogP contribution in [-0.4, -0.2) is 44.1 Å². The highest BCUT2D eigenvalue weighted by atomic mass is 79.9. The lowest BCUT2D eigenvalue weighted by atomic mass is 10.2. The normalized spacial score (nSPS) is 19.1. The molecular weight excluding hydrogens is 296 g/mol. The molecule has 98 valence electrons. The van der Waals surface area contributed by atoms with Gasteiger partial charge in [-0.1, -0.05) is 0 Å². The van der Waals surface area contributed by atoms with E-state index < -0.39 is 0 Å². The van der Waals surface area contributed by atoms with E-state index in [2.05, 4.69) is 21.2 Å². The second kappa shape index (κ2) is 5.71. The van der Waals surface area contributed by atoms with Gasteiger partial charge in [-0.05, 0) is 47.6 Å². The van der Waals surface area contributed by atoms with E-state index in [1.54, 1.807) is 13.2 Å². The van der Waals surface area contributed by atoms with Crippen molar-refractivity contribution in [2.24, 2.45) is 0 Å². The first-order chi connectivity index (χ1) is 8.65. The van der Waals surface area contributed by atoms with Gasteiger partial charge in [-0.3, -0.25) is 4.79 Å². The summed E-state index contributed by atoms with van der Waals surface area (Å²) < 4.78 is 5.96. The first kappa shape index (κ1) is 13.4. The highest BCUT2D eigenvalue weighted by molar-refractivity contribution is 9.10. The highest BCUT2D eigenvalue weighted by Crippen LogP contribution is 2.26. The van der Waals surface area contributed by atoms with Gasteiger partial charge in [-0.15, -0.1) is 0 Å². The van der Waals surface area contributed by atoms with Crippen molar-refractivity contribution < 1.29 is 9.53 Å². The molecule has 5 heteroatoms. The van der Waals surface area contributed by atoms with E-state index in [0.717, 1.165) is 29.7 Å². The van der Waals surface area contributed by atoms with Crippen LogP contribution < -0.4 is 10.1 Å². The number of rotatable bonds is 3. The molecule has 0 saturated carbocycles. The zero-order valence-electron chi connectivity index (χ0n) is 10.6. The molecule has 0 spiro atoms. The van der Waals surface area contributed by atoms with Crippen LogP contribution in [0.1, 0.15) is 16.8 Å². The van der Waals surface area contributed by atoms with Crippen LogP contribution in [0, 0.1) is 0 Å². The minimum absolute atomic E-state index is 0.0797. The molecule has 1 aliphatic heterocycles. The summed E-state index contributed by atoms with van der Waals surface area (Å²) >= 11 is 3.40. The predicted octanol–water partition coefficient (Wildman–Crippen LogP) is 1.89. The summed E-state index contributed by atoms with van der Waals surface area (Å²) in [4.78, 5) is 14.2. The second-order valence-corrected chi connectivity index (χ2v) is 5.23. The molecule has 1 unspecified atom stereocenters. The largest absolute Gasteiger partial charge is 0.496 e. The summed E-state index contributed by atoms with van der Waals surface area (Å²) in [5, 5.41) is 3.21. The molecule has 1 saturated heterocycles. The average Bonchev–Trinajstić information content (AvgIpc) is 2.86. The Morgan fingerprint density at radius 1 is 1.56 bits per heavy atom. The van der Waals surface area contributed by atoms with Gasteiger partial charge in [0.25, 0.3) is 5.91 Å². The van der Waals surface area contributed by atoms with Crippen LogP contribution in [0.15, 0.2) is 22.7 Å². The molecule has 2 rings (SSSR count). The van der Waals surface area contributed by atoms with E-state index in [1.165, 1.54) is 0 Å². The lowest BCUT2D eigenvalue weighted by Crippen LogP contribution is -2.33. The monoisotopic (exact) mass is 312 g/mol. The summed E-state index contributed by atoms with van der Waals surface area (Å²) in [5.41, 5.74) is 0.694. The maximum Gasteiger partial charge on any atom is 0.253 e. The smallest absolute Gasteiger partial charge is 0.253 e. The molecule has 0 radical (unpaired) electrons. The maximum atomic E-state index is 12.3. The Bertz CT molecular complexity index is 451. The third-order valence-electron chi connectivity index (χ3n) is 3.28. The van der Waals surface area contributed by atoms with Crippen molar-refractivity contribution in [2.45, 2.75) is 12.5 Å². The maximum absolute atomic E-state index is 12.3. The zero-order chi connectivity index (χ0) is 13.1. The van der Waals surface area contributed by atoms with E-state index in [1.807, 2.05) is 24.1 Å². The Hall–Kier alpha value is -1.07. The Morgan fingerprint density at radius 2 is 2.33 bits per heavy atom. The molecule has 1 atom stereocenters. The molecule has 0 aromatic heterocycles. The third-order valence-corrected chi connectivity index (χ3v) is 3.90. The number of halogens is 1. The summed E-state index contributed by atoms with van der Waals surface area (Å²) in [7, 11) is 3.54. The average molecular weight is 313 g/mol. The molecular formula is C13H17BrN2O2. The van der Waals surface area contributed by atoms with Crippen molar-refractivity contribution in [3.05, 3.63) is 28.2 Å². The molecule has 0 aliphatic carbocycles. The first-order valence-corrected chi connectivity index (χ1v) is 6.75. The number of carbonyl (C=O) groups is 1. The van der Waals surface area contributed by atoms with Gasteiger partial charge in [0.1, 0.15) is 5.75 Å². The number of hydrogen-bond acceptors (Lipinski definition) is 3. The fraction of sp³-hybridized carbons (Fsp3) is 0.462. The SMILES string of the molecule is CNC1CCN(C(=O)c2ccc(OC)c(Br)c2)C1. The van der Waals surface area contributed by atoms with Crippen molar-refractivity contribution in [3.8, 4) is 5.75 Å². The second-order valence-electron chi connectivity index (χ2n) is 4.37. The van der Waals surface area contributed by atoms with Crippen LogP contribution in [-0.2, 0) is 0 Å². The van der Waals surface area contributed by atoms with E-state index in [9.17, 15) is 4.79 Å². The van der Waals surface area contributed by atoms with E-state index in [4.69, 9.17) is 4.74 Å². The topological polar surface area (TPSA) is 41.6 Å². The standard InChI is InChI=1S/C13H17BrN2O2/c1-15-10-5-6-16(8-10)13(17)9-3-4-12(18-2)11(14)7-9/h3-4,7,10,15H,5-6,8H2,1-2H3. The number of likely N-dealkylation sites (tertiary alicyclic amines) is 1. The quantitative estimate of drug-likeness (QED) is 0.926. The van der Waals surface area contributed by atoms with Gasteiger partial charge in [-0.25, -0.2) is 0 Å². The molecule has 0 bridgehead atoms. The molecule has 1 amide bonds. The van der Waals surface area contributed by atoms with Crippen LogP contribution in [0.3, 0.4) is 0 Å². The van der Waals surface area contributed by atoms with Gasteiger partial charge in [0, 0.05) is 24.7 Å². The van der Waals surface area contributed by atoms with Crippen LogP contribution in [0.25, 0.3) is 0 Å². The van der Waals surface area contributed by atoms with Crippen molar-refractivity contribution >= 4 is 21.8 Å². The number of likely N-dealkylation sites (N-methyl/N-ethyl adjacent to an activating group) is 1. The fourth-order valence-corrected chi connectivity index (χ4v) is 2.70. The number of methoxy groups -OCH3 is 1. The summed E-state index contributed by atoms with van der Waals surface area (Å²) in [6.45, 7) is 1.59. The molecule has 4 nitrogen and oxygen atoms in total.